The van der Waals surface area contributed by atoms with Crippen molar-refractivity contribution in [1.82, 2.24) is 19.7 Å². The number of piperidine rings is 2. The number of hydrogen-bond acceptors (Lipinski definition) is 5. The molecular weight excluding hydrogens is 543 g/mol. The number of nitrogens with one attached hydrogen (secondary N) is 1. The molecule has 7 rings (SSSR count). The molecule has 4 heterocycles. The fourth-order valence-corrected chi connectivity index (χ4v) is 6.73. The van der Waals surface area contributed by atoms with Crippen molar-refractivity contribution < 1.29 is 18.7 Å². The van der Waals surface area contributed by atoms with E-state index in [9.17, 15) is 9.18 Å². The lowest BCUT2D eigenvalue weighted by Gasteiger charge is -2.51. The van der Waals surface area contributed by atoms with Gasteiger partial charge >= 0.3 is 0 Å². The average molecular weight is 585 g/mol. The lowest BCUT2D eigenvalue weighted by atomic mass is 9.90. The monoisotopic (exact) mass is 584 g/mol. The molecule has 7 nitrogen and oxygen atoms in total. The molecule has 0 aliphatic carbocycles. The minimum Gasteiger partial charge on any atom is -0.495 e. The Kier molecular flexibility index (Phi) is 8.95. The Morgan fingerprint density at radius 1 is 0.930 bits per heavy atom. The van der Waals surface area contributed by atoms with Crippen LogP contribution in [0.3, 0.4) is 0 Å². The molecule has 3 saturated heterocycles. The van der Waals surface area contributed by atoms with E-state index in [2.05, 4.69) is 38.7 Å². The van der Waals surface area contributed by atoms with Crippen LogP contribution >= 0.6 is 0 Å². The number of halogens is 1. The highest BCUT2D eigenvalue weighted by molar-refractivity contribution is 6.08. The van der Waals surface area contributed by atoms with Gasteiger partial charge in [-0.2, -0.15) is 0 Å². The van der Waals surface area contributed by atoms with Gasteiger partial charge in [-0.15, -0.1) is 0 Å². The van der Waals surface area contributed by atoms with Gasteiger partial charge in [0, 0.05) is 62.9 Å². The summed E-state index contributed by atoms with van der Waals surface area (Å²) < 4.78 is 26.9. The Hall–Kier alpha value is -3.88. The average Bonchev–Trinajstić information content (AvgIpc) is 3.41. The van der Waals surface area contributed by atoms with Gasteiger partial charge in [0.2, 0.25) is 0 Å². The first-order valence-electron chi connectivity index (χ1n) is 15.3. The van der Waals surface area contributed by atoms with Crippen molar-refractivity contribution in [2.75, 3.05) is 39.9 Å². The molecule has 226 valence electrons. The minimum atomic E-state index is -0.246. The molecule has 2 bridgehead atoms. The van der Waals surface area contributed by atoms with Crippen LogP contribution < -0.4 is 14.8 Å². The van der Waals surface area contributed by atoms with Crippen LogP contribution in [0.5, 0.6) is 11.5 Å². The fraction of sp³-hybridized carbons (Fsp3) is 0.400. The molecule has 0 saturated carbocycles. The second-order valence-corrected chi connectivity index (χ2v) is 11.7. The molecule has 1 amide bonds. The number of para-hydroxylation sites is 1. The number of aromatic nitrogens is 1. The number of piperazine rings is 1. The maximum Gasteiger partial charge on any atom is 0.253 e. The molecule has 3 aliphatic heterocycles. The van der Waals surface area contributed by atoms with Crippen molar-refractivity contribution in [3.05, 3.63) is 95.4 Å². The summed E-state index contributed by atoms with van der Waals surface area (Å²) >= 11 is 0. The molecule has 2 atom stereocenters. The second-order valence-electron chi connectivity index (χ2n) is 11.7. The first-order chi connectivity index (χ1) is 21.0. The third-order valence-electron chi connectivity index (χ3n) is 9.09. The Labute approximate surface area is 253 Å². The number of rotatable bonds is 12. The van der Waals surface area contributed by atoms with E-state index >= 15 is 0 Å². The van der Waals surface area contributed by atoms with Crippen LogP contribution in [-0.2, 0) is 13.1 Å². The van der Waals surface area contributed by atoms with Crippen molar-refractivity contribution in [3.8, 4) is 11.5 Å². The van der Waals surface area contributed by atoms with Gasteiger partial charge in [0.05, 0.1) is 18.2 Å². The molecule has 43 heavy (non-hydrogen) atoms. The van der Waals surface area contributed by atoms with Gasteiger partial charge in [0.15, 0.2) is 0 Å². The van der Waals surface area contributed by atoms with Crippen molar-refractivity contribution in [2.24, 2.45) is 0 Å². The number of aryl methyl sites for hydroxylation is 2. The Morgan fingerprint density at radius 3 is 2.40 bits per heavy atom. The van der Waals surface area contributed by atoms with Gasteiger partial charge < -0.3 is 19.4 Å². The molecule has 1 N–H and O–H groups in total. The smallest absolute Gasteiger partial charge is 0.253 e. The highest BCUT2D eigenvalue weighted by Crippen LogP contribution is 2.32. The maximum atomic E-state index is 13.4. The molecule has 0 radical (unpaired) electrons. The predicted octanol–water partition coefficient (Wildman–Crippen LogP) is 5.65. The zero-order valence-electron chi connectivity index (χ0n) is 25.1. The first-order valence-corrected chi connectivity index (χ1v) is 15.3. The largest absolute Gasteiger partial charge is 0.495 e. The zero-order chi connectivity index (χ0) is 29.8. The molecule has 3 fully saturated rings. The van der Waals surface area contributed by atoms with Crippen LogP contribution in [0.25, 0.3) is 10.9 Å². The third-order valence-corrected chi connectivity index (χ3v) is 9.09. The van der Waals surface area contributed by atoms with Gasteiger partial charge in [-0.1, -0.05) is 36.4 Å². The number of nitrogens with zero attached hydrogens (tertiary/aromatic N) is 3. The van der Waals surface area contributed by atoms with Crippen LogP contribution in [-0.4, -0.2) is 72.3 Å². The highest BCUT2D eigenvalue weighted by Gasteiger charge is 2.38. The summed E-state index contributed by atoms with van der Waals surface area (Å²) in [5.74, 6) is 1.18. The van der Waals surface area contributed by atoms with E-state index in [4.69, 9.17) is 9.47 Å². The fourth-order valence-electron chi connectivity index (χ4n) is 6.73. The number of benzene rings is 3. The van der Waals surface area contributed by atoms with Crippen LogP contribution in [0.2, 0.25) is 0 Å². The van der Waals surface area contributed by atoms with Crippen LogP contribution in [0.4, 0.5) is 4.39 Å². The van der Waals surface area contributed by atoms with E-state index in [0.29, 0.717) is 36.5 Å². The van der Waals surface area contributed by atoms with E-state index in [0.717, 1.165) is 61.4 Å². The lowest BCUT2D eigenvalue weighted by molar-refractivity contribution is -0.0259. The molecule has 1 aromatic heterocycles. The van der Waals surface area contributed by atoms with E-state index in [1.165, 1.54) is 30.5 Å². The van der Waals surface area contributed by atoms with Crippen LogP contribution in [0.15, 0.2) is 72.9 Å². The highest BCUT2D eigenvalue weighted by atomic mass is 19.1. The maximum absolute atomic E-state index is 13.4. The Balaban J connectivity index is 1.05. The molecule has 3 aliphatic rings. The van der Waals surface area contributed by atoms with Crippen LogP contribution in [0.1, 0.15) is 40.7 Å². The quantitative estimate of drug-likeness (QED) is 0.234. The van der Waals surface area contributed by atoms with Crippen LogP contribution in [0, 0.1) is 12.7 Å². The molecule has 0 spiro atoms. The number of carbonyl (C=O) groups is 1. The summed E-state index contributed by atoms with van der Waals surface area (Å²) in [5.41, 5.74) is 3.93. The van der Waals surface area contributed by atoms with Gasteiger partial charge in [-0.25, -0.2) is 4.39 Å². The third kappa shape index (κ3) is 6.55. The van der Waals surface area contributed by atoms with E-state index in [1.807, 2.05) is 36.5 Å². The van der Waals surface area contributed by atoms with Crippen molar-refractivity contribution in [2.45, 2.75) is 51.4 Å². The summed E-state index contributed by atoms with van der Waals surface area (Å²) in [7, 11) is 1.69. The summed E-state index contributed by atoms with van der Waals surface area (Å²) in [6.45, 7) is 8.01. The van der Waals surface area contributed by atoms with Crippen molar-refractivity contribution in [1.29, 1.82) is 0 Å². The summed E-state index contributed by atoms with van der Waals surface area (Å²) in [5, 5.41) is 4.04. The number of hydrogen-bond donors (Lipinski definition) is 1. The van der Waals surface area contributed by atoms with Gasteiger partial charge in [0.25, 0.3) is 5.91 Å². The van der Waals surface area contributed by atoms with Gasteiger partial charge in [-0.05, 0) is 67.6 Å². The summed E-state index contributed by atoms with van der Waals surface area (Å²) in [6, 6.07) is 21.4. The number of fused-ring (bicyclic) bond motifs is 4. The zero-order valence-corrected chi connectivity index (χ0v) is 25.1. The standard InChI is InChI=1S/C35H41FN4O3/c1-25-7-3-4-8-26(25)21-37-35(41)32-24-40(34-31(32)9-5-10-33(34)42-2)18-6-17-38-22-29-14-13-28(38)23-39(29)19-20-43-30-15-11-27(36)12-16-30/h3-5,7-12,15-16,24,28-29H,6,13-14,17-23H2,1-2H3,(H,37,41)/t28-,29-/m0/s1. The SMILES string of the molecule is COc1cccc2c(C(=O)NCc3ccccc3C)cn(CCCN3C[C@@H]4CC[C@H]3CN4CCOc3ccc(F)cc3)c12. The van der Waals surface area contributed by atoms with E-state index in [1.54, 1.807) is 19.2 Å². The normalized spacial score (nSPS) is 18.7. The predicted molar refractivity (Wildman–Crippen MR) is 167 cm³/mol. The van der Waals surface area contributed by atoms with Gasteiger partial charge in [-0.3, -0.25) is 14.6 Å². The van der Waals surface area contributed by atoms with E-state index < -0.39 is 0 Å². The van der Waals surface area contributed by atoms with E-state index in [-0.39, 0.29) is 11.7 Å². The number of methoxy groups -OCH3 is 1. The van der Waals surface area contributed by atoms with Crippen molar-refractivity contribution >= 4 is 16.8 Å². The van der Waals surface area contributed by atoms with Crippen molar-refractivity contribution in [3.63, 3.8) is 0 Å². The number of ether oxygens (including phenoxy) is 2. The topological polar surface area (TPSA) is 59.0 Å². The summed E-state index contributed by atoms with van der Waals surface area (Å²) in [4.78, 5) is 18.6. The number of amides is 1. The molecule has 3 aromatic carbocycles. The minimum absolute atomic E-state index is 0.0721. The first kappa shape index (κ1) is 29.2. The molecule has 8 heteroatoms. The number of carbonyl (C=O) groups excluding carboxylic acids is 1. The van der Waals surface area contributed by atoms with Gasteiger partial charge in [0.1, 0.15) is 23.9 Å². The molecule has 4 aromatic rings. The Morgan fingerprint density at radius 2 is 1.67 bits per heavy atom. The molecular formula is C35H41FN4O3. The second kappa shape index (κ2) is 13.2. The Bertz CT molecular complexity index is 1550. The summed E-state index contributed by atoms with van der Waals surface area (Å²) in [6.07, 6.45) is 5.43. The lowest BCUT2D eigenvalue weighted by Crippen LogP contribution is -2.63. The molecule has 0 unspecified atom stereocenters.